The Hall–Kier alpha value is -3.34. The molecule has 0 radical (unpaired) electrons. The first kappa shape index (κ1) is 20.4. The van der Waals surface area contributed by atoms with Gasteiger partial charge in [-0.15, -0.1) is 10.2 Å². The number of carbonyl (C=O) groups is 1. The fraction of sp³-hybridized carbons (Fsp3) is 0.222. The Kier molecular flexibility index (Phi) is 6.17. The molecule has 1 amide bonds. The zero-order valence-corrected chi connectivity index (χ0v) is 16.4. The number of benzene rings is 1. The highest BCUT2D eigenvalue weighted by molar-refractivity contribution is 8.00. The summed E-state index contributed by atoms with van der Waals surface area (Å²) in [7, 11) is 0. The molecular weight excluding hydrogens is 399 g/mol. The van der Waals surface area contributed by atoms with Gasteiger partial charge in [0.15, 0.2) is 11.0 Å². The second-order valence-electron chi connectivity index (χ2n) is 5.96. The van der Waals surface area contributed by atoms with Gasteiger partial charge in [0.05, 0.1) is 10.2 Å². The maximum Gasteiger partial charge on any atom is 0.306 e. The summed E-state index contributed by atoms with van der Waals surface area (Å²) < 4.78 is 15.3. The molecule has 0 saturated heterocycles. The number of aromatic nitrogens is 4. The Bertz CT molecular complexity index is 1040. The van der Waals surface area contributed by atoms with E-state index >= 15 is 0 Å². The number of nitrogens with zero attached hydrogens (tertiary/aromatic N) is 5. The van der Waals surface area contributed by atoms with Crippen LogP contribution in [0.25, 0.3) is 11.4 Å². The van der Waals surface area contributed by atoms with Gasteiger partial charge in [0, 0.05) is 36.3 Å². The summed E-state index contributed by atoms with van der Waals surface area (Å²) >= 11 is 1.21. The van der Waals surface area contributed by atoms with Gasteiger partial charge in [-0.2, -0.15) is 4.39 Å². The lowest BCUT2D eigenvalue weighted by molar-refractivity contribution is -0.387. The van der Waals surface area contributed by atoms with E-state index < -0.39 is 27.6 Å². The van der Waals surface area contributed by atoms with Crippen molar-refractivity contribution in [2.24, 2.45) is 0 Å². The Balaban J connectivity index is 1.74. The van der Waals surface area contributed by atoms with Gasteiger partial charge in [-0.05, 0) is 38.1 Å². The van der Waals surface area contributed by atoms with Crippen LogP contribution in [0.3, 0.4) is 0 Å². The van der Waals surface area contributed by atoms with Gasteiger partial charge >= 0.3 is 5.69 Å². The molecule has 29 heavy (non-hydrogen) atoms. The molecule has 3 aromatic rings. The van der Waals surface area contributed by atoms with Crippen molar-refractivity contribution < 1.29 is 14.1 Å². The van der Waals surface area contributed by atoms with Crippen molar-refractivity contribution in [3.63, 3.8) is 0 Å². The minimum Gasteiger partial charge on any atom is -0.325 e. The minimum absolute atomic E-state index is 0.144. The number of hydrogen-bond donors (Lipinski definition) is 1. The van der Waals surface area contributed by atoms with Gasteiger partial charge in [-0.1, -0.05) is 11.8 Å². The molecule has 0 spiro atoms. The standard InChI is InChI=1S/C18H17FN6O3S/c1-3-24-16(12-6-8-20-9-7-12)22-23-18(24)29-11(2)17(26)21-13-4-5-14(19)15(10-13)25(27)28/h4-11H,3H2,1-2H3,(H,21,26)/t11-/m0/s1. The number of nitro groups is 1. The summed E-state index contributed by atoms with van der Waals surface area (Å²) in [6, 6.07) is 6.85. The Morgan fingerprint density at radius 1 is 1.31 bits per heavy atom. The highest BCUT2D eigenvalue weighted by Crippen LogP contribution is 2.28. The van der Waals surface area contributed by atoms with Crippen LogP contribution in [-0.4, -0.2) is 35.8 Å². The topological polar surface area (TPSA) is 116 Å². The Labute approximate surface area is 169 Å². The SMILES string of the molecule is CCn1c(S[C@@H](C)C(=O)Nc2ccc(F)c([N+](=O)[O-])c2)nnc1-c1ccncc1. The molecule has 0 fully saturated rings. The minimum atomic E-state index is -0.963. The molecule has 0 aliphatic heterocycles. The number of pyridine rings is 1. The molecule has 9 nitrogen and oxygen atoms in total. The average molecular weight is 416 g/mol. The summed E-state index contributed by atoms with van der Waals surface area (Å²) in [6.07, 6.45) is 3.32. The lowest BCUT2D eigenvalue weighted by Gasteiger charge is -2.13. The third-order valence-electron chi connectivity index (χ3n) is 4.03. The molecule has 0 saturated carbocycles. The average Bonchev–Trinajstić information content (AvgIpc) is 3.12. The van der Waals surface area contributed by atoms with Gasteiger partial charge in [0.25, 0.3) is 0 Å². The summed E-state index contributed by atoms with van der Waals surface area (Å²) in [5, 5.41) is 21.8. The summed E-state index contributed by atoms with van der Waals surface area (Å²) in [6.45, 7) is 4.23. The maximum absolute atomic E-state index is 13.4. The number of anilines is 1. The lowest BCUT2D eigenvalue weighted by Crippen LogP contribution is -2.23. The molecule has 3 rings (SSSR count). The van der Waals surface area contributed by atoms with Crippen LogP contribution in [0.15, 0.2) is 47.9 Å². The first-order valence-electron chi connectivity index (χ1n) is 8.65. The van der Waals surface area contributed by atoms with Crippen molar-refractivity contribution in [1.82, 2.24) is 19.7 Å². The Morgan fingerprint density at radius 3 is 2.69 bits per heavy atom. The van der Waals surface area contributed by atoms with Crippen molar-refractivity contribution in [2.75, 3.05) is 5.32 Å². The number of carbonyl (C=O) groups excluding carboxylic acids is 1. The summed E-state index contributed by atoms with van der Waals surface area (Å²) in [4.78, 5) is 26.5. The fourth-order valence-corrected chi connectivity index (χ4v) is 3.47. The molecule has 11 heteroatoms. The summed E-state index contributed by atoms with van der Waals surface area (Å²) in [5.41, 5.74) is 0.303. The molecule has 150 valence electrons. The zero-order valence-electron chi connectivity index (χ0n) is 15.6. The van der Waals surface area contributed by atoms with E-state index in [-0.39, 0.29) is 5.69 Å². The molecule has 1 atom stereocenters. The van der Waals surface area contributed by atoms with Crippen molar-refractivity contribution in [2.45, 2.75) is 30.8 Å². The monoisotopic (exact) mass is 416 g/mol. The largest absolute Gasteiger partial charge is 0.325 e. The van der Waals surface area contributed by atoms with Crippen molar-refractivity contribution in [3.05, 3.63) is 58.7 Å². The lowest BCUT2D eigenvalue weighted by atomic mass is 10.2. The third kappa shape index (κ3) is 4.57. The quantitative estimate of drug-likeness (QED) is 0.356. The number of nitro benzene ring substituents is 1. The van der Waals surface area contributed by atoms with Crippen LogP contribution < -0.4 is 5.32 Å². The van der Waals surface area contributed by atoms with Gasteiger partial charge in [-0.3, -0.25) is 19.9 Å². The molecular formula is C18H17FN6O3S. The fourth-order valence-electron chi connectivity index (χ4n) is 2.56. The second kappa shape index (κ2) is 8.78. The first-order chi connectivity index (χ1) is 13.9. The molecule has 0 unspecified atom stereocenters. The normalized spacial score (nSPS) is 11.8. The van der Waals surface area contributed by atoms with Crippen LogP contribution in [0.1, 0.15) is 13.8 Å². The predicted molar refractivity (Wildman–Crippen MR) is 106 cm³/mol. The highest BCUT2D eigenvalue weighted by atomic mass is 32.2. The number of thioether (sulfide) groups is 1. The van der Waals surface area contributed by atoms with Crippen LogP contribution in [0.2, 0.25) is 0 Å². The van der Waals surface area contributed by atoms with Gasteiger partial charge in [-0.25, -0.2) is 0 Å². The molecule has 1 N–H and O–H groups in total. The van der Waals surface area contributed by atoms with Crippen molar-refractivity contribution in [3.8, 4) is 11.4 Å². The number of nitrogens with one attached hydrogen (secondary N) is 1. The molecule has 2 heterocycles. The molecule has 0 bridgehead atoms. The van der Waals surface area contributed by atoms with Gasteiger partial charge < -0.3 is 9.88 Å². The van der Waals surface area contributed by atoms with E-state index in [0.717, 1.165) is 17.7 Å². The van der Waals surface area contributed by atoms with Crippen LogP contribution >= 0.6 is 11.8 Å². The second-order valence-corrected chi connectivity index (χ2v) is 7.27. The van der Waals surface area contributed by atoms with Crippen LogP contribution in [-0.2, 0) is 11.3 Å². The van der Waals surface area contributed by atoms with Crippen LogP contribution in [0.4, 0.5) is 15.8 Å². The van der Waals surface area contributed by atoms with E-state index in [2.05, 4.69) is 20.5 Å². The van der Waals surface area contributed by atoms with Crippen molar-refractivity contribution in [1.29, 1.82) is 0 Å². The van der Waals surface area contributed by atoms with E-state index in [9.17, 15) is 19.3 Å². The third-order valence-corrected chi connectivity index (χ3v) is 5.11. The van der Waals surface area contributed by atoms with E-state index in [0.29, 0.717) is 17.5 Å². The zero-order chi connectivity index (χ0) is 21.0. The van der Waals surface area contributed by atoms with E-state index in [1.807, 2.05) is 23.6 Å². The van der Waals surface area contributed by atoms with E-state index in [1.54, 1.807) is 19.3 Å². The number of amides is 1. The molecule has 1 aromatic carbocycles. The van der Waals surface area contributed by atoms with Crippen LogP contribution in [0, 0.1) is 15.9 Å². The number of hydrogen-bond acceptors (Lipinski definition) is 7. The van der Waals surface area contributed by atoms with E-state index in [1.165, 1.54) is 17.8 Å². The maximum atomic E-state index is 13.4. The highest BCUT2D eigenvalue weighted by Gasteiger charge is 2.22. The smallest absolute Gasteiger partial charge is 0.306 e. The molecule has 2 aromatic heterocycles. The van der Waals surface area contributed by atoms with Gasteiger partial charge in [0.1, 0.15) is 0 Å². The van der Waals surface area contributed by atoms with E-state index in [4.69, 9.17) is 0 Å². The van der Waals surface area contributed by atoms with Gasteiger partial charge in [0.2, 0.25) is 11.7 Å². The first-order valence-corrected chi connectivity index (χ1v) is 9.53. The summed E-state index contributed by atoms with van der Waals surface area (Å²) in [5.74, 6) is -0.693. The molecule has 0 aliphatic carbocycles. The van der Waals surface area contributed by atoms with Crippen molar-refractivity contribution >= 4 is 29.0 Å². The predicted octanol–water partition coefficient (Wildman–Crippen LogP) is 3.53. The van der Waals surface area contributed by atoms with Crippen LogP contribution in [0.5, 0.6) is 0 Å². The number of rotatable bonds is 7. The number of halogens is 1. The Morgan fingerprint density at radius 2 is 2.03 bits per heavy atom. The molecule has 0 aliphatic rings.